The molecule has 0 rings (SSSR count). The minimum Gasteiger partial charge on any atom is -0.0656 e. The molecule has 0 amide bonds. The standard InChI is InChI=1S/C3H8.Mn/c1-3-2;/h3H2,1-2H3;. The molecule has 1 heteroatoms. The normalized spacial score (nSPS) is 4.50. The van der Waals surface area contributed by atoms with E-state index in [1.54, 1.807) is 0 Å². The third-order valence-corrected chi connectivity index (χ3v) is 0. The molecule has 0 saturated carbocycles. The minimum atomic E-state index is 0. The van der Waals surface area contributed by atoms with Crippen LogP contribution in [-0.2, 0) is 17.1 Å². The number of hydrogen-bond acceptors (Lipinski definition) is 0. The van der Waals surface area contributed by atoms with Crippen molar-refractivity contribution >= 4 is 0 Å². The summed E-state index contributed by atoms with van der Waals surface area (Å²) in [5.74, 6) is 0. The van der Waals surface area contributed by atoms with Crippen molar-refractivity contribution in [1.82, 2.24) is 0 Å². The minimum absolute atomic E-state index is 0. The molecule has 0 aliphatic heterocycles. The summed E-state index contributed by atoms with van der Waals surface area (Å²) in [6.45, 7) is 4.25. The Labute approximate surface area is 38.1 Å². The summed E-state index contributed by atoms with van der Waals surface area (Å²) in [4.78, 5) is 0. The van der Waals surface area contributed by atoms with E-state index in [0.717, 1.165) is 0 Å². The van der Waals surface area contributed by atoms with Crippen LogP contribution in [0.2, 0.25) is 0 Å². The van der Waals surface area contributed by atoms with Gasteiger partial charge in [0.1, 0.15) is 0 Å². The molecule has 0 spiro atoms. The van der Waals surface area contributed by atoms with Crippen molar-refractivity contribution in [3.63, 3.8) is 0 Å². The van der Waals surface area contributed by atoms with E-state index < -0.39 is 0 Å². The Kier molecular flexibility index (Phi) is 21.3. The Balaban J connectivity index is 0. The van der Waals surface area contributed by atoms with E-state index in [-0.39, 0.29) is 17.1 Å². The molecule has 27 valence electrons. The van der Waals surface area contributed by atoms with Crippen molar-refractivity contribution < 1.29 is 17.1 Å². The van der Waals surface area contributed by atoms with Gasteiger partial charge in [-0.25, -0.2) is 0 Å². The van der Waals surface area contributed by atoms with E-state index in [9.17, 15) is 0 Å². The summed E-state index contributed by atoms with van der Waals surface area (Å²) in [6.07, 6.45) is 1.25. The Bertz CT molecular complexity index is 3.25. The van der Waals surface area contributed by atoms with E-state index in [1.807, 2.05) is 0 Å². The SMILES string of the molecule is CCC.[Mn]. The number of rotatable bonds is 0. The quantitative estimate of drug-likeness (QED) is 0.403. The molecular weight excluding hydrogens is 91.0 g/mol. The van der Waals surface area contributed by atoms with Crippen LogP contribution < -0.4 is 0 Å². The Morgan fingerprint density at radius 1 is 1.25 bits per heavy atom. The summed E-state index contributed by atoms with van der Waals surface area (Å²) in [6, 6.07) is 0. The van der Waals surface area contributed by atoms with Crippen LogP contribution in [0.4, 0.5) is 0 Å². The molecule has 0 atom stereocenters. The molecule has 0 aliphatic carbocycles. The molecule has 0 N–H and O–H groups in total. The van der Waals surface area contributed by atoms with Crippen LogP contribution in [0.1, 0.15) is 20.3 Å². The first-order valence-corrected chi connectivity index (χ1v) is 1.41. The molecule has 0 fully saturated rings. The Morgan fingerprint density at radius 3 is 1.25 bits per heavy atom. The predicted octanol–water partition coefficient (Wildman–Crippen LogP) is 1.41. The van der Waals surface area contributed by atoms with Crippen LogP contribution in [0, 0.1) is 0 Å². The van der Waals surface area contributed by atoms with Crippen molar-refractivity contribution in [2.75, 3.05) is 0 Å². The van der Waals surface area contributed by atoms with Crippen molar-refractivity contribution in [2.45, 2.75) is 20.3 Å². The van der Waals surface area contributed by atoms with Gasteiger partial charge in [-0.05, 0) is 0 Å². The van der Waals surface area contributed by atoms with Gasteiger partial charge in [0.2, 0.25) is 0 Å². The fourth-order valence-corrected chi connectivity index (χ4v) is 0. The Hall–Kier alpha value is 0.519. The van der Waals surface area contributed by atoms with Gasteiger partial charge in [-0.3, -0.25) is 0 Å². The second-order valence-electron chi connectivity index (χ2n) is 0.707. The van der Waals surface area contributed by atoms with Crippen LogP contribution in [0.25, 0.3) is 0 Å². The summed E-state index contributed by atoms with van der Waals surface area (Å²) < 4.78 is 0. The largest absolute Gasteiger partial charge is 0.0656 e. The van der Waals surface area contributed by atoms with Crippen molar-refractivity contribution in [2.24, 2.45) is 0 Å². The summed E-state index contributed by atoms with van der Waals surface area (Å²) in [5.41, 5.74) is 0. The Morgan fingerprint density at radius 2 is 1.25 bits per heavy atom. The molecule has 4 heavy (non-hydrogen) atoms. The van der Waals surface area contributed by atoms with E-state index >= 15 is 0 Å². The first-order valence-electron chi connectivity index (χ1n) is 1.41. The second kappa shape index (κ2) is 9.68. The molecular formula is C3H8Mn. The smallest absolute Gasteiger partial charge is 0 e. The monoisotopic (exact) mass is 99.0 g/mol. The molecule has 0 bridgehead atoms. The maximum Gasteiger partial charge on any atom is 0 e. The third kappa shape index (κ3) is 21.6. The van der Waals surface area contributed by atoms with Crippen LogP contribution in [0.3, 0.4) is 0 Å². The molecule has 0 nitrogen and oxygen atoms in total. The van der Waals surface area contributed by atoms with Gasteiger partial charge in [-0.1, -0.05) is 20.3 Å². The van der Waals surface area contributed by atoms with Crippen LogP contribution >= 0.6 is 0 Å². The summed E-state index contributed by atoms with van der Waals surface area (Å²) >= 11 is 0. The zero-order chi connectivity index (χ0) is 2.71. The van der Waals surface area contributed by atoms with Crippen LogP contribution in [0.15, 0.2) is 0 Å². The van der Waals surface area contributed by atoms with Crippen molar-refractivity contribution in [3.05, 3.63) is 0 Å². The fourth-order valence-electron chi connectivity index (χ4n) is 0. The first kappa shape index (κ1) is 8.82. The number of hydrogen-bond donors (Lipinski definition) is 0. The van der Waals surface area contributed by atoms with E-state index in [0.29, 0.717) is 0 Å². The van der Waals surface area contributed by atoms with Gasteiger partial charge in [0, 0.05) is 17.1 Å². The van der Waals surface area contributed by atoms with Crippen LogP contribution in [0.5, 0.6) is 0 Å². The van der Waals surface area contributed by atoms with Gasteiger partial charge >= 0.3 is 0 Å². The van der Waals surface area contributed by atoms with Gasteiger partial charge in [0.25, 0.3) is 0 Å². The predicted molar refractivity (Wildman–Crippen MR) is 16.0 cm³/mol. The van der Waals surface area contributed by atoms with Gasteiger partial charge in [0.05, 0.1) is 0 Å². The van der Waals surface area contributed by atoms with E-state index in [2.05, 4.69) is 13.8 Å². The van der Waals surface area contributed by atoms with Gasteiger partial charge in [-0.2, -0.15) is 0 Å². The van der Waals surface area contributed by atoms with Gasteiger partial charge < -0.3 is 0 Å². The zero-order valence-electron chi connectivity index (χ0n) is 3.09. The molecule has 0 aromatic heterocycles. The average molecular weight is 99.0 g/mol. The summed E-state index contributed by atoms with van der Waals surface area (Å²) in [5, 5.41) is 0. The topological polar surface area (TPSA) is 0 Å². The third-order valence-electron chi connectivity index (χ3n) is 0. The van der Waals surface area contributed by atoms with Gasteiger partial charge in [0.15, 0.2) is 0 Å². The molecule has 0 unspecified atom stereocenters. The zero-order valence-corrected chi connectivity index (χ0v) is 4.27. The molecule has 0 heterocycles. The molecule has 0 saturated heterocycles. The van der Waals surface area contributed by atoms with E-state index in [1.165, 1.54) is 6.42 Å². The molecule has 1 radical (unpaired) electrons. The van der Waals surface area contributed by atoms with Gasteiger partial charge in [-0.15, -0.1) is 0 Å². The molecule has 0 aromatic carbocycles. The average Bonchev–Trinajstić information content (AvgIpc) is 0.918. The van der Waals surface area contributed by atoms with Crippen LogP contribution in [-0.4, -0.2) is 0 Å². The maximum atomic E-state index is 2.12. The fraction of sp³-hybridized carbons (Fsp3) is 1.00. The molecule has 0 aliphatic rings. The maximum absolute atomic E-state index is 2.12. The first-order chi connectivity index (χ1) is 1.41. The van der Waals surface area contributed by atoms with E-state index in [4.69, 9.17) is 0 Å². The molecule has 0 aromatic rings. The second-order valence-corrected chi connectivity index (χ2v) is 0.707. The summed E-state index contributed by atoms with van der Waals surface area (Å²) in [7, 11) is 0. The van der Waals surface area contributed by atoms with Crippen molar-refractivity contribution in [1.29, 1.82) is 0 Å². The van der Waals surface area contributed by atoms with Crippen molar-refractivity contribution in [3.8, 4) is 0 Å².